The Morgan fingerprint density at radius 2 is 1.07 bits per heavy atom. The molecule has 3 nitrogen and oxygen atoms in total. The second-order valence-electron chi connectivity index (χ2n) is 12.5. The molecule has 0 aromatic rings. The molecule has 6 aliphatic rings. The van der Waals surface area contributed by atoms with Gasteiger partial charge in [-0.1, -0.05) is 41.5 Å². The fourth-order valence-corrected chi connectivity index (χ4v) is 9.31. The standard InChI is InChI=1S/C24H38O3/c1-21(2)15-7-9-23(21,5)19-13(15)11-17(26-19)25-18-12-14-16-8-10-24(6,20(14)27-18)22(16,3)4/h13-20H,7-12H2,1-6H3/t13-,14-,15-,16+,17-,18-,19-,20-,23-,24-/m0/s1. The van der Waals surface area contributed by atoms with Gasteiger partial charge in [0.2, 0.25) is 0 Å². The predicted molar refractivity (Wildman–Crippen MR) is 104 cm³/mol. The van der Waals surface area contributed by atoms with Crippen molar-refractivity contribution < 1.29 is 14.2 Å². The molecular weight excluding hydrogens is 336 g/mol. The van der Waals surface area contributed by atoms with Crippen LogP contribution < -0.4 is 0 Å². The summed E-state index contributed by atoms with van der Waals surface area (Å²) < 4.78 is 19.6. The molecule has 4 bridgehead atoms. The Morgan fingerprint density at radius 3 is 1.44 bits per heavy atom. The van der Waals surface area contributed by atoms with E-state index in [1.54, 1.807) is 0 Å². The van der Waals surface area contributed by atoms with Crippen LogP contribution in [0.25, 0.3) is 0 Å². The lowest BCUT2D eigenvalue weighted by Gasteiger charge is -2.39. The van der Waals surface area contributed by atoms with Crippen LogP contribution in [0.2, 0.25) is 0 Å². The smallest absolute Gasteiger partial charge is 0.161 e. The third kappa shape index (κ3) is 1.83. The lowest BCUT2D eigenvalue weighted by Crippen LogP contribution is -2.39. The van der Waals surface area contributed by atoms with E-state index >= 15 is 0 Å². The van der Waals surface area contributed by atoms with Gasteiger partial charge >= 0.3 is 0 Å². The first kappa shape index (κ1) is 17.7. The second kappa shape index (κ2) is 4.95. The van der Waals surface area contributed by atoms with Crippen molar-refractivity contribution in [3.63, 3.8) is 0 Å². The van der Waals surface area contributed by atoms with Crippen molar-refractivity contribution in [3.05, 3.63) is 0 Å². The first-order chi connectivity index (χ1) is 12.6. The first-order valence-corrected chi connectivity index (χ1v) is 11.6. The molecule has 6 fully saturated rings. The van der Waals surface area contributed by atoms with Crippen molar-refractivity contribution in [1.29, 1.82) is 0 Å². The van der Waals surface area contributed by atoms with Gasteiger partial charge in [0.15, 0.2) is 12.6 Å². The van der Waals surface area contributed by atoms with Crippen molar-refractivity contribution in [3.8, 4) is 0 Å². The number of rotatable bonds is 2. The summed E-state index contributed by atoms with van der Waals surface area (Å²) in [4.78, 5) is 0. The summed E-state index contributed by atoms with van der Waals surface area (Å²) >= 11 is 0. The Morgan fingerprint density at radius 1 is 0.667 bits per heavy atom. The SMILES string of the molecule is CC1(C)[C@@H]2CC[C@@]1(C)[C@H]1O[C@H](O[C@@H]3C[C@H]4[C@@H]5CC[C@@](C)([C@H]4O3)C5(C)C)C[C@@H]21. The fourth-order valence-electron chi connectivity index (χ4n) is 9.31. The van der Waals surface area contributed by atoms with Crippen molar-refractivity contribution in [2.75, 3.05) is 0 Å². The molecule has 0 unspecified atom stereocenters. The number of hydrogen-bond acceptors (Lipinski definition) is 3. The lowest BCUT2D eigenvalue weighted by atomic mass is 9.70. The van der Waals surface area contributed by atoms with Crippen LogP contribution in [-0.2, 0) is 14.2 Å². The van der Waals surface area contributed by atoms with E-state index in [4.69, 9.17) is 14.2 Å². The Kier molecular flexibility index (Phi) is 3.25. The Balaban J connectivity index is 1.15. The molecule has 27 heavy (non-hydrogen) atoms. The van der Waals surface area contributed by atoms with Crippen LogP contribution in [0.15, 0.2) is 0 Å². The predicted octanol–water partition coefficient (Wildman–Crippen LogP) is 5.38. The number of fused-ring (bicyclic) bond motifs is 10. The van der Waals surface area contributed by atoms with Gasteiger partial charge in [0.1, 0.15) is 0 Å². The Hall–Kier alpha value is -0.120. The summed E-state index contributed by atoms with van der Waals surface area (Å²) in [7, 11) is 0. The van der Waals surface area contributed by atoms with Gasteiger partial charge in [0.25, 0.3) is 0 Å². The molecule has 0 amide bonds. The molecule has 0 aromatic carbocycles. The summed E-state index contributed by atoms with van der Waals surface area (Å²) in [6, 6.07) is 0. The Bertz CT molecular complexity index is 615. The molecular formula is C24H38O3. The minimum absolute atomic E-state index is 0.0432. The maximum Gasteiger partial charge on any atom is 0.161 e. The van der Waals surface area contributed by atoms with Crippen molar-refractivity contribution in [2.45, 2.75) is 105 Å². The minimum atomic E-state index is -0.0432. The Labute approximate surface area is 164 Å². The average molecular weight is 375 g/mol. The molecule has 2 saturated heterocycles. The van der Waals surface area contributed by atoms with Gasteiger partial charge in [0, 0.05) is 12.8 Å². The molecule has 2 aliphatic heterocycles. The monoisotopic (exact) mass is 374 g/mol. The van der Waals surface area contributed by atoms with E-state index < -0.39 is 0 Å². The highest BCUT2D eigenvalue weighted by Crippen LogP contribution is 2.72. The van der Waals surface area contributed by atoms with E-state index in [2.05, 4.69) is 41.5 Å². The van der Waals surface area contributed by atoms with Crippen LogP contribution in [0.4, 0.5) is 0 Å². The molecule has 0 N–H and O–H groups in total. The van der Waals surface area contributed by atoms with E-state index in [-0.39, 0.29) is 12.6 Å². The molecule has 0 radical (unpaired) electrons. The van der Waals surface area contributed by atoms with Crippen LogP contribution in [0.5, 0.6) is 0 Å². The van der Waals surface area contributed by atoms with Crippen molar-refractivity contribution in [2.24, 2.45) is 45.3 Å². The van der Waals surface area contributed by atoms with Crippen LogP contribution in [-0.4, -0.2) is 24.8 Å². The molecule has 3 heteroatoms. The maximum absolute atomic E-state index is 6.58. The average Bonchev–Trinajstić information content (AvgIpc) is 3.33. The molecule has 152 valence electrons. The fraction of sp³-hybridized carbons (Fsp3) is 1.00. The molecule has 4 saturated carbocycles. The van der Waals surface area contributed by atoms with Crippen LogP contribution in [0.3, 0.4) is 0 Å². The second-order valence-corrected chi connectivity index (χ2v) is 12.5. The zero-order valence-corrected chi connectivity index (χ0v) is 18.1. The van der Waals surface area contributed by atoms with Crippen LogP contribution in [0.1, 0.15) is 80.1 Å². The highest BCUT2D eigenvalue weighted by molar-refractivity contribution is 5.18. The number of ether oxygens (including phenoxy) is 3. The zero-order valence-electron chi connectivity index (χ0n) is 18.1. The van der Waals surface area contributed by atoms with Gasteiger partial charge < -0.3 is 14.2 Å². The van der Waals surface area contributed by atoms with Crippen LogP contribution in [0, 0.1) is 45.3 Å². The van der Waals surface area contributed by atoms with E-state index in [1.807, 2.05) is 0 Å². The van der Waals surface area contributed by atoms with Gasteiger partial charge in [-0.15, -0.1) is 0 Å². The largest absolute Gasteiger partial charge is 0.348 e. The summed E-state index contributed by atoms with van der Waals surface area (Å²) in [6.07, 6.45) is 8.24. The van der Waals surface area contributed by atoms with E-state index in [0.717, 1.165) is 24.7 Å². The van der Waals surface area contributed by atoms with Crippen molar-refractivity contribution in [1.82, 2.24) is 0 Å². The van der Waals surface area contributed by atoms with Gasteiger partial charge in [-0.25, -0.2) is 0 Å². The highest BCUT2D eigenvalue weighted by atomic mass is 16.8. The van der Waals surface area contributed by atoms with Gasteiger partial charge in [-0.3, -0.25) is 0 Å². The molecule has 0 spiro atoms. The summed E-state index contributed by atoms with van der Waals surface area (Å²) in [5.74, 6) is 3.00. The van der Waals surface area contributed by atoms with Crippen molar-refractivity contribution >= 4 is 0 Å². The number of hydrogen-bond donors (Lipinski definition) is 0. The zero-order chi connectivity index (χ0) is 19.0. The van der Waals surface area contributed by atoms with E-state index in [0.29, 0.717) is 45.7 Å². The van der Waals surface area contributed by atoms with Gasteiger partial charge in [-0.2, -0.15) is 0 Å². The van der Waals surface area contributed by atoms with Gasteiger partial charge in [0.05, 0.1) is 12.2 Å². The van der Waals surface area contributed by atoms with E-state index in [1.165, 1.54) is 25.7 Å². The molecule has 2 heterocycles. The van der Waals surface area contributed by atoms with Gasteiger partial charge in [-0.05, 0) is 71.0 Å². The minimum Gasteiger partial charge on any atom is -0.348 e. The summed E-state index contributed by atoms with van der Waals surface area (Å²) in [6.45, 7) is 14.8. The normalized spacial score (nSPS) is 61.6. The lowest BCUT2D eigenvalue weighted by molar-refractivity contribution is -0.252. The third-order valence-electron chi connectivity index (χ3n) is 11.6. The quantitative estimate of drug-likeness (QED) is 0.650. The molecule has 4 aliphatic carbocycles. The molecule has 6 rings (SSSR count). The summed E-state index contributed by atoms with van der Waals surface area (Å²) in [5, 5.41) is 0. The molecule has 10 atom stereocenters. The highest BCUT2D eigenvalue weighted by Gasteiger charge is 2.71. The summed E-state index contributed by atoms with van der Waals surface area (Å²) in [5.41, 5.74) is 1.47. The third-order valence-corrected chi connectivity index (χ3v) is 11.6. The maximum atomic E-state index is 6.58. The van der Waals surface area contributed by atoms with Crippen LogP contribution >= 0.6 is 0 Å². The van der Waals surface area contributed by atoms with E-state index in [9.17, 15) is 0 Å². The molecule has 0 aromatic heterocycles. The first-order valence-electron chi connectivity index (χ1n) is 11.6. The topological polar surface area (TPSA) is 27.7 Å².